The van der Waals surface area contributed by atoms with Gasteiger partial charge >= 0.3 is 6.03 Å². The van der Waals surface area contributed by atoms with E-state index in [0.29, 0.717) is 18.8 Å². The number of carbonyl (C=O) groups is 2. The molecule has 0 saturated carbocycles. The monoisotopic (exact) mass is 349 g/mol. The zero-order chi connectivity index (χ0) is 17.6. The van der Waals surface area contributed by atoms with E-state index in [1.54, 1.807) is 12.1 Å². The average molecular weight is 349 g/mol. The first-order valence-corrected chi connectivity index (χ1v) is 8.69. The zero-order valence-electron chi connectivity index (χ0n) is 14.1. The van der Waals surface area contributed by atoms with Crippen LogP contribution in [0, 0.1) is 11.7 Å². The van der Waals surface area contributed by atoms with E-state index < -0.39 is 5.82 Å². The lowest BCUT2D eigenvalue weighted by atomic mass is 9.97. The van der Waals surface area contributed by atoms with E-state index in [4.69, 9.17) is 0 Å². The first-order chi connectivity index (χ1) is 12.1. The Kier molecular flexibility index (Phi) is 5.83. The summed E-state index contributed by atoms with van der Waals surface area (Å²) >= 11 is 0. The molecule has 136 valence electrons. The van der Waals surface area contributed by atoms with Crippen LogP contribution in [0.25, 0.3) is 0 Å². The standard InChI is InChI=1S/C17H24FN5O2/c18-13-4-1-5-14(9-13)21-17(25)19-10-12-3-2-8-23(11-12)16(24)15-6-7-20-22-15/h1,4-5,9,12,15,20,22H,2-3,6-8,10-11H2,(H2,19,21,25). The minimum absolute atomic E-state index is 0.124. The molecule has 2 aliphatic heterocycles. The Morgan fingerprint density at radius 2 is 2.20 bits per heavy atom. The summed E-state index contributed by atoms with van der Waals surface area (Å²) in [7, 11) is 0. The first kappa shape index (κ1) is 17.6. The van der Waals surface area contributed by atoms with Crippen LogP contribution in [0.2, 0.25) is 0 Å². The van der Waals surface area contributed by atoms with Gasteiger partial charge in [0.25, 0.3) is 0 Å². The molecule has 0 aliphatic carbocycles. The predicted octanol–water partition coefficient (Wildman–Crippen LogP) is 1.05. The molecular weight excluding hydrogens is 325 g/mol. The van der Waals surface area contributed by atoms with Crippen LogP contribution in [0.15, 0.2) is 24.3 Å². The number of hydrogen-bond donors (Lipinski definition) is 4. The molecule has 4 N–H and O–H groups in total. The molecule has 2 unspecified atom stereocenters. The highest BCUT2D eigenvalue weighted by Crippen LogP contribution is 2.18. The van der Waals surface area contributed by atoms with Gasteiger partial charge in [-0.25, -0.2) is 14.6 Å². The van der Waals surface area contributed by atoms with E-state index in [1.807, 2.05) is 4.90 Å². The second-order valence-electron chi connectivity index (χ2n) is 6.55. The second kappa shape index (κ2) is 8.26. The number of piperidine rings is 1. The normalized spacial score (nSPS) is 23.3. The molecule has 8 heteroatoms. The van der Waals surface area contributed by atoms with Crippen molar-refractivity contribution in [1.29, 1.82) is 0 Å². The second-order valence-corrected chi connectivity index (χ2v) is 6.55. The van der Waals surface area contributed by atoms with Gasteiger partial charge in [0, 0.05) is 31.9 Å². The van der Waals surface area contributed by atoms with Gasteiger partial charge in [0.1, 0.15) is 11.9 Å². The zero-order valence-corrected chi connectivity index (χ0v) is 14.1. The molecule has 2 atom stereocenters. The van der Waals surface area contributed by atoms with E-state index in [9.17, 15) is 14.0 Å². The minimum Gasteiger partial charge on any atom is -0.341 e. The Hall–Kier alpha value is -2.19. The van der Waals surface area contributed by atoms with Gasteiger partial charge in [0.2, 0.25) is 5.91 Å². The SMILES string of the molecule is O=C(NCC1CCCN(C(=O)C2CCNN2)C1)Nc1cccc(F)c1. The fourth-order valence-electron chi connectivity index (χ4n) is 3.30. The van der Waals surface area contributed by atoms with Gasteiger partial charge in [-0.05, 0) is 43.4 Å². The molecule has 3 rings (SSSR count). The summed E-state index contributed by atoms with van der Waals surface area (Å²) in [6.07, 6.45) is 2.71. The van der Waals surface area contributed by atoms with Crippen molar-refractivity contribution in [3.05, 3.63) is 30.1 Å². The van der Waals surface area contributed by atoms with Crippen LogP contribution in [0.3, 0.4) is 0 Å². The lowest BCUT2D eigenvalue weighted by molar-refractivity contribution is -0.134. The van der Waals surface area contributed by atoms with Crippen molar-refractivity contribution in [2.75, 3.05) is 31.5 Å². The van der Waals surface area contributed by atoms with Crippen molar-refractivity contribution < 1.29 is 14.0 Å². The third kappa shape index (κ3) is 4.90. The number of benzene rings is 1. The number of amides is 3. The Morgan fingerprint density at radius 1 is 1.32 bits per heavy atom. The van der Waals surface area contributed by atoms with Crippen molar-refractivity contribution in [2.45, 2.75) is 25.3 Å². The molecule has 1 aromatic carbocycles. The number of rotatable bonds is 4. The van der Waals surface area contributed by atoms with E-state index in [1.165, 1.54) is 12.1 Å². The molecule has 2 saturated heterocycles. The number of nitrogens with zero attached hydrogens (tertiary/aromatic N) is 1. The molecule has 2 heterocycles. The van der Waals surface area contributed by atoms with E-state index in [0.717, 1.165) is 32.4 Å². The van der Waals surface area contributed by atoms with Gasteiger partial charge in [0.05, 0.1) is 0 Å². The first-order valence-electron chi connectivity index (χ1n) is 8.69. The van der Waals surface area contributed by atoms with E-state index >= 15 is 0 Å². The maximum Gasteiger partial charge on any atom is 0.319 e. The number of hydrogen-bond acceptors (Lipinski definition) is 4. The molecule has 2 aliphatic rings. The Morgan fingerprint density at radius 3 is 2.96 bits per heavy atom. The van der Waals surface area contributed by atoms with Gasteiger partial charge in [-0.1, -0.05) is 6.07 Å². The number of hydrazine groups is 1. The molecule has 0 radical (unpaired) electrons. The predicted molar refractivity (Wildman–Crippen MR) is 92.3 cm³/mol. The maximum atomic E-state index is 13.1. The van der Waals surface area contributed by atoms with Crippen molar-refractivity contribution in [3.8, 4) is 0 Å². The summed E-state index contributed by atoms with van der Waals surface area (Å²) < 4.78 is 13.1. The highest BCUT2D eigenvalue weighted by atomic mass is 19.1. The quantitative estimate of drug-likeness (QED) is 0.655. The fraction of sp³-hybridized carbons (Fsp3) is 0.529. The number of halogens is 1. The van der Waals surface area contributed by atoms with E-state index in [-0.39, 0.29) is 23.9 Å². The number of nitrogens with one attached hydrogen (secondary N) is 4. The Labute approximate surface area is 146 Å². The highest BCUT2D eigenvalue weighted by molar-refractivity contribution is 5.89. The highest BCUT2D eigenvalue weighted by Gasteiger charge is 2.30. The van der Waals surface area contributed by atoms with Gasteiger partial charge in [-0.15, -0.1) is 0 Å². The van der Waals surface area contributed by atoms with Crippen LogP contribution in [-0.2, 0) is 4.79 Å². The average Bonchev–Trinajstić information content (AvgIpc) is 3.14. The van der Waals surface area contributed by atoms with Gasteiger partial charge in [0.15, 0.2) is 0 Å². The number of carbonyl (C=O) groups excluding carboxylic acids is 2. The van der Waals surface area contributed by atoms with E-state index in [2.05, 4.69) is 21.5 Å². The summed E-state index contributed by atoms with van der Waals surface area (Å²) in [6.45, 7) is 2.71. The Bertz CT molecular complexity index is 621. The summed E-state index contributed by atoms with van der Waals surface area (Å²) in [5.74, 6) is -0.0431. The van der Waals surface area contributed by atoms with Crippen LogP contribution in [0.1, 0.15) is 19.3 Å². The summed E-state index contributed by atoms with van der Waals surface area (Å²) in [4.78, 5) is 26.3. The number of likely N-dealkylation sites (tertiary alicyclic amines) is 1. The molecule has 0 bridgehead atoms. The molecule has 7 nitrogen and oxygen atoms in total. The van der Waals surface area contributed by atoms with Crippen molar-refractivity contribution >= 4 is 17.6 Å². The van der Waals surface area contributed by atoms with Crippen LogP contribution in [0.5, 0.6) is 0 Å². The molecule has 25 heavy (non-hydrogen) atoms. The summed E-state index contributed by atoms with van der Waals surface area (Å²) in [5.41, 5.74) is 6.39. The Balaban J connectivity index is 1.44. The van der Waals surface area contributed by atoms with Crippen molar-refractivity contribution in [2.24, 2.45) is 5.92 Å². The van der Waals surface area contributed by atoms with Crippen LogP contribution >= 0.6 is 0 Å². The third-order valence-electron chi connectivity index (χ3n) is 4.60. The smallest absolute Gasteiger partial charge is 0.319 e. The van der Waals surface area contributed by atoms with Crippen LogP contribution in [0.4, 0.5) is 14.9 Å². The molecule has 3 amide bonds. The van der Waals surface area contributed by atoms with Crippen LogP contribution in [-0.4, -0.2) is 49.1 Å². The number of anilines is 1. The maximum absolute atomic E-state index is 13.1. The van der Waals surface area contributed by atoms with Gasteiger partial charge in [-0.3, -0.25) is 10.2 Å². The van der Waals surface area contributed by atoms with Crippen molar-refractivity contribution in [1.82, 2.24) is 21.1 Å². The van der Waals surface area contributed by atoms with Crippen LogP contribution < -0.4 is 21.5 Å². The molecule has 0 aromatic heterocycles. The number of urea groups is 1. The lowest BCUT2D eigenvalue weighted by Crippen LogP contribution is -2.50. The minimum atomic E-state index is -0.394. The summed E-state index contributed by atoms with van der Waals surface area (Å²) in [6, 6.07) is 5.25. The topological polar surface area (TPSA) is 85.5 Å². The molecule has 1 aromatic rings. The van der Waals surface area contributed by atoms with Crippen molar-refractivity contribution in [3.63, 3.8) is 0 Å². The fourth-order valence-corrected chi connectivity index (χ4v) is 3.30. The van der Waals surface area contributed by atoms with Gasteiger partial charge < -0.3 is 15.5 Å². The van der Waals surface area contributed by atoms with Gasteiger partial charge in [-0.2, -0.15) is 0 Å². The molecule has 2 fully saturated rings. The largest absolute Gasteiger partial charge is 0.341 e. The lowest BCUT2D eigenvalue weighted by Gasteiger charge is -2.34. The summed E-state index contributed by atoms with van der Waals surface area (Å²) in [5, 5.41) is 5.42. The third-order valence-corrected chi connectivity index (χ3v) is 4.60. The molecular formula is C17H24FN5O2. The molecule has 0 spiro atoms.